The Morgan fingerprint density at radius 2 is 1.91 bits per heavy atom. The van der Waals surface area contributed by atoms with Gasteiger partial charge in [0.1, 0.15) is 0 Å². The zero-order valence-corrected chi connectivity index (χ0v) is 8.77. The molecular formula is C8H11IN2. The maximum atomic E-state index is 5.32. The van der Waals surface area contributed by atoms with Crippen LogP contribution in [0.25, 0.3) is 0 Å². The molecule has 2 nitrogen and oxygen atoms in total. The van der Waals surface area contributed by atoms with Crippen molar-refractivity contribution in [3.63, 3.8) is 0 Å². The van der Waals surface area contributed by atoms with E-state index in [4.69, 9.17) is 5.84 Å². The second-order valence-corrected chi connectivity index (χ2v) is 3.72. The first-order chi connectivity index (χ1) is 5.15. The minimum atomic E-state index is 1.00. The van der Waals surface area contributed by atoms with Gasteiger partial charge in [-0.15, -0.1) is 0 Å². The lowest BCUT2D eigenvalue weighted by Crippen LogP contribution is -2.08. The van der Waals surface area contributed by atoms with Crippen LogP contribution in [0.4, 0.5) is 5.69 Å². The quantitative estimate of drug-likeness (QED) is 0.462. The molecule has 0 unspecified atom stereocenters. The van der Waals surface area contributed by atoms with E-state index in [0.717, 1.165) is 5.69 Å². The van der Waals surface area contributed by atoms with E-state index >= 15 is 0 Å². The summed E-state index contributed by atoms with van der Waals surface area (Å²) in [4.78, 5) is 0. The van der Waals surface area contributed by atoms with Gasteiger partial charge in [-0.05, 0) is 59.7 Å². The zero-order valence-electron chi connectivity index (χ0n) is 6.61. The molecule has 0 saturated carbocycles. The number of halogens is 1. The van der Waals surface area contributed by atoms with Crippen molar-refractivity contribution >= 4 is 28.3 Å². The van der Waals surface area contributed by atoms with Gasteiger partial charge >= 0.3 is 0 Å². The third-order valence-corrected chi connectivity index (χ3v) is 2.82. The van der Waals surface area contributed by atoms with Crippen molar-refractivity contribution in [1.82, 2.24) is 0 Å². The molecule has 0 heterocycles. The maximum absolute atomic E-state index is 5.32. The highest BCUT2D eigenvalue weighted by Gasteiger charge is 1.99. The van der Waals surface area contributed by atoms with Gasteiger partial charge in [0.2, 0.25) is 0 Å². The highest BCUT2D eigenvalue weighted by Crippen LogP contribution is 2.20. The van der Waals surface area contributed by atoms with E-state index in [-0.39, 0.29) is 0 Å². The summed E-state index contributed by atoms with van der Waals surface area (Å²) in [5, 5.41) is 0. The van der Waals surface area contributed by atoms with Gasteiger partial charge in [0.05, 0.1) is 5.69 Å². The number of nitrogens with two attached hydrogens (primary N) is 1. The number of hydrogen-bond acceptors (Lipinski definition) is 2. The van der Waals surface area contributed by atoms with Crippen LogP contribution < -0.4 is 11.3 Å². The standard InChI is InChI=1S/C8H11IN2/c1-5-4-8(11-10)6(2)3-7(5)9/h3-4,11H,10H2,1-2H3. The first-order valence-corrected chi connectivity index (χ1v) is 4.46. The lowest BCUT2D eigenvalue weighted by molar-refractivity contribution is 1.28. The van der Waals surface area contributed by atoms with Crippen molar-refractivity contribution in [1.29, 1.82) is 0 Å². The van der Waals surface area contributed by atoms with Crippen LogP contribution in [0.2, 0.25) is 0 Å². The van der Waals surface area contributed by atoms with Crippen LogP contribution in [-0.4, -0.2) is 0 Å². The molecule has 60 valence electrons. The number of aryl methyl sites for hydroxylation is 2. The minimum Gasteiger partial charge on any atom is -0.324 e. The van der Waals surface area contributed by atoms with Crippen LogP contribution in [-0.2, 0) is 0 Å². The molecule has 0 amide bonds. The Kier molecular flexibility index (Phi) is 2.72. The Morgan fingerprint density at radius 1 is 1.27 bits per heavy atom. The molecule has 3 heteroatoms. The van der Waals surface area contributed by atoms with Crippen molar-refractivity contribution in [2.75, 3.05) is 5.43 Å². The van der Waals surface area contributed by atoms with Crippen LogP contribution >= 0.6 is 22.6 Å². The van der Waals surface area contributed by atoms with E-state index in [9.17, 15) is 0 Å². The molecule has 11 heavy (non-hydrogen) atoms. The molecular weight excluding hydrogens is 251 g/mol. The molecule has 0 saturated heterocycles. The van der Waals surface area contributed by atoms with Gasteiger partial charge in [-0.3, -0.25) is 5.84 Å². The van der Waals surface area contributed by atoms with Gasteiger partial charge < -0.3 is 5.43 Å². The molecule has 1 rings (SSSR count). The number of nitrogen functional groups attached to an aromatic ring is 1. The second-order valence-electron chi connectivity index (χ2n) is 2.56. The summed E-state index contributed by atoms with van der Waals surface area (Å²) in [5.74, 6) is 5.32. The molecule has 0 fully saturated rings. The maximum Gasteiger partial charge on any atom is 0.0517 e. The Labute approximate surface area is 80.3 Å². The van der Waals surface area contributed by atoms with E-state index in [0.29, 0.717) is 0 Å². The number of benzene rings is 1. The highest BCUT2D eigenvalue weighted by atomic mass is 127. The number of hydrogen-bond donors (Lipinski definition) is 2. The van der Waals surface area contributed by atoms with Gasteiger partial charge in [0, 0.05) is 3.57 Å². The Hall–Kier alpha value is -0.290. The molecule has 0 aliphatic rings. The Morgan fingerprint density at radius 3 is 2.45 bits per heavy atom. The van der Waals surface area contributed by atoms with Crippen molar-refractivity contribution in [2.45, 2.75) is 13.8 Å². The SMILES string of the molecule is Cc1cc(NN)c(C)cc1I. The predicted octanol–water partition coefficient (Wildman–Crippen LogP) is 2.19. The summed E-state index contributed by atoms with van der Waals surface area (Å²) in [7, 11) is 0. The topological polar surface area (TPSA) is 38.0 Å². The molecule has 3 N–H and O–H groups in total. The molecule has 0 aliphatic heterocycles. The molecule has 0 spiro atoms. The molecule has 0 atom stereocenters. The fourth-order valence-corrected chi connectivity index (χ4v) is 1.56. The van der Waals surface area contributed by atoms with E-state index in [2.05, 4.69) is 47.1 Å². The number of rotatable bonds is 1. The molecule has 1 aromatic carbocycles. The first kappa shape index (κ1) is 8.80. The fraction of sp³-hybridized carbons (Fsp3) is 0.250. The minimum absolute atomic E-state index is 1.00. The van der Waals surface area contributed by atoms with Gasteiger partial charge in [0.15, 0.2) is 0 Å². The summed E-state index contributed by atoms with van der Waals surface area (Å²) in [6, 6.07) is 4.17. The van der Waals surface area contributed by atoms with E-state index < -0.39 is 0 Å². The van der Waals surface area contributed by atoms with Crippen LogP contribution in [0.5, 0.6) is 0 Å². The van der Waals surface area contributed by atoms with Crippen molar-refractivity contribution in [3.05, 3.63) is 26.8 Å². The van der Waals surface area contributed by atoms with Crippen LogP contribution in [0.15, 0.2) is 12.1 Å². The summed E-state index contributed by atoms with van der Waals surface area (Å²) in [6.07, 6.45) is 0. The average molecular weight is 262 g/mol. The van der Waals surface area contributed by atoms with E-state index in [1.54, 1.807) is 0 Å². The van der Waals surface area contributed by atoms with E-state index in [1.165, 1.54) is 14.7 Å². The molecule has 1 aromatic rings. The number of nitrogens with one attached hydrogen (secondary N) is 1. The number of anilines is 1. The smallest absolute Gasteiger partial charge is 0.0517 e. The largest absolute Gasteiger partial charge is 0.324 e. The predicted molar refractivity (Wildman–Crippen MR) is 56.4 cm³/mol. The molecule has 0 aliphatic carbocycles. The molecule has 0 radical (unpaired) electrons. The van der Waals surface area contributed by atoms with Crippen LogP contribution in [0, 0.1) is 17.4 Å². The highest BCUT2D eigenvalue weighted by molar-refractivity contribution is 14.1. The van der Waals surface area contributed by atoms with Crippen molar-refractivity contribution in [3.8, 4) is 0 Å². The van der Waals surface area contributed by atoms with Crippen molar-refractivity contribution in [2.24, 2.45) is 5.84 Å². The van der Waals surface area contributed by atoms with E-state index in [1.807, 2.05) is 6.92 Å². The summed E-state index contributed by atoms with van der Waals surface area (Å²) < 4.78 is 1.28. The zero-order chi connectivity index (χ0) is 8.43. The summed E-state index contributed by atoms with van der Waals surface area (Å²) >= 11 is 2.31. The van der Waals surface area contributed by atoms with Gasteiger partial charge in [-0.2, -0.15) is 0 Å². The monoisotopic (exact) mass is 262 g/mol. The molecule has 0 bridgehead atoms. The lowest BCUT2D eigenvalue weighted by Gasteiger charge is -2.07. The normalized spacial score (nSPS) is 9.82. The third-order valence-electron chi connectivity index (χ3n) is 1.66. The van der Waals surface area contributed by atoms with Gasteiger partial charge in [-0.25, -0.2) is 0 Å². The van der Waals surface area contributed by atoms with Gasteiger partial charge in [0.25, 0.3) is 0 Å². The first-order valence-electron chi connectivity index (χ1n) is 3.38. The lowest BCUT2D eigenvalue weighted by atomic mass is 10.1. The molecule has 0 aromatic heterocycles. The fourth-order valence-electron chi connectivity index (χ4n) is 0.936. The second kappa shape index (κ2) is 3.40. The van der Waals surface area contributed by atoms with Crippen molar-refractivity contribution < 1.29 is 0 Å². The van der Waals surface area contributed by atoms with Gasteiger partial charge in [-0.1, -0.05) is 0 Å². The van der Waals surface area contributed by atoms with Crippen LogP contribution in [0.1, 0.15) is 11.1 Å². The summed E-state index contributed by atoms with van der Waals surface area (Å²) in [5.41, 5.74) is 6.10. The number of hydrazine groups is 1. The third kappa shape index (κ3) is 1.84. The Bertz CT molecular complexity index is 271. The summed E-state index contributed by atoms with van der Waals surface area (Å²) in [6.45, 7) is 4.11. The average Bonchev–Trinajstić information content (AvgIpc) is 1.97. The Balaban J connectivity index is 3.21. The van der Waals surface area contributed by atoms with Crippen LogP contribution in [0.3, 0.4) is 0 Å².